The molecule has 0 saturated carbocycles. The summed E-state index contributed by atoms with van der Waals surface area (Å²) in [6.45, 7) is 6.33. The van der Waals surface area contributed by atoms with Crippen LogP contribution in [-0.2, 0) is 16.0 Å². The monoisotopic (exact) mass is 362 g/mol. The van der Waals surface area contributed by atoms with Gasteiger partial charge in [-0.05, 0) is 67.0 Å². The van der Waals surface area contributed by atoms with Gasteiger partial charge in [0.05, 0.1) is 13.2 Å². The molecule has 3 heteroatoms. The van der Waals surface area contributed by atoms with Gasteiger partial charge < -0.3 is 9.47 Å². The second-order valence-electron chi connectivity index (χ2n) is 6.90. The molecule has 2 aromatic rings. The van der Waals surface area contributed by atoms with E-state index in [1.165, 1.54) is 22.3 Å². The second kappa shape index (κ2) is 9.22. The molecule has 0 amide bonds. The fourth-order valence-electron chi connectivity index (χ4n) is 3.10. The summed E-state index contributed by atoms with van der Waals surface area (Å²) in [7, 11) is 0. The van der Waals surface area contributed by atoms with E-state index in [4.69, 9.17) is 9.47 Å². The van der Waals surface area contributed by atoms with Crippen molar-refractivity contribution < 1.29 is 14.3 Å². The highest BCUT2D eigenvalue weighted by atomic mass is 16.5. The van der Waals surface area contributed by atoms with E-state index in [2.05, 4.69) is 55.1 Å². The Morgan fingerprint density at radius 2 is 1.81 bits per heavy atom. The Kier molecular flexibility index (Phi) is 6.48. The molecule has 3 nitrogen and oxygen atoms in total. The fraction of sp³-hybridized carbons (Fsp3) is 0.292. The Hall–Kier alpha value is -2.81. The van der Waals surface area contributed by atoms with E-state index < -0.39 is 0 Å². The summed E-state index contributed by atoms with van der Waals surface area (Å²) in [5, 5.41) is 0. The minimum atomic E-state index is -0.313. The van der Waals surface area contributed by atoms with E-state index in [1.54, 1.807) is 6.92 Å². The van der Waals surface area contributed by atoms with Crippen LogP contribution in [0.25, 0.3) is 11.6 Å². The number of fused-ring (bicyclic) bond motifs is 1. The van der Waals surface area contributed by atoms with Gasteiger partial charge in [-0.3, -0.25) is 0 Å². The first-order chi connectivity index (χ1) is 13.1. The molecule has 0 radical (unpaired) electrons. The molecule has 0 fully saturated rings. The topological polar surface area (TPSA) is 35.5 Å². The molecule has 0 atom stereocenters. The molecular weight excluding hydrogens is 336 g/mol. The van der Waals surface area contributed by atoms with Gasteiger partial charge in [-0.1, -0.05) is 49.1 Å². The van der Waals surface area contributed by atoms with Crippen LogP contribution in [0.4, 0.5) is 0 Å². The van der Waals surface area contributed by atoms with Crippen LogP contribution in [0.1, 0.15) is 42.9 Å². The third-order valence-corrected chi connectivity index (χ3v) is 4.61. The quantitative estimate of drug-likeness (QED) is 0.338. The summed E-state index contributed by atoms with van der Waals surface area (Å²) < 4.78 is 11.0. The van der Waals surface area contributed by atoms with Crippen molar-refractivity contribution >= 4 is 17.6 Å². The fourth-order valence-corrected chi connectivity index (χ4v) is 3.10. The highest BCUT2D eigenvalue weighted by Gasteiger charge is 2.14. The molecule has 0 spiro atoms. The molecule has 2 aromatic carbocycles. The van der Waals surface area contributed by atoms with Crippen LogP contribution in [0.15, 0.2) is 60.7 Å². The lowest BCUT2D eigenvalue weighted by Crippen LogP contribution is -2.06. The smallest absolute Gasteiger partial charge is 0.333 e. The number of hydrogen-bond donors (Lipinski definition) is 0. The van der Waals surface area contributed by atoms with E-state index in [9.17, 15) is 4.79 Å². The summed E-state index contributed by atoms with van der Waals surface area (Å²) in [5.41, 5.74) is 5.67. The Balaban J connectivity index is 1.42. The second-order valence-corrected chi connectivity index (χ2v) is 6.90. The van der Waals surface area contributed by atoms with Crippen LogP contribution in [0, 0.1) is 0 Å². The summed E-state index contributed by atoms with van der Waals surface area (Å²) in [4.78, 5) is 11.3. The molecule has 0 unspecified atom stereocenters. The number of unbranched alkanes of at least 4 members (excludes halogenated alkanes) is 2. The van der Waals surface area contributed by atoms with E-state index in [-0.39, 0.29) is 5.97 Å². The van der Waals surface area contributed by atoms with E-state index in [0.29, 0.717) is 18.8 Å². The van der Waals surface area contributed by atoms with Crippen molar-refractivity contribution in [2.24, 2.45) is 0 Å². The van der Waals surface area contributed by atoms with Crippen LogP contribution >= 0.6 is 0 Å². The van der Waals surface area contributed by atoms with Crippen molar-refractivity contribution in [1.29, 1.82) is 0 Å². The van der Waals surface area contributed by atoms with Gasteiger partial charge in [-0.15, -0.1) is 0 Å². The SMILES string of the molecule is C=C(C)C(=O)OCCCCCOc1ccc2c(c1)C=C(c1ccccc1)C2. The van der Waals surface area contributed by atoms with Crippen molar-refractivity contribution in [2.75, 3.05) is 13.2 Å². The zero-order valence-electron chi connectivity index (χ0n) is 15.9. The van der Waals surface area contributed by atoms with E-state index in [0.717, 1.165) is 31.4 Å². The van der Waals surface area contributed by atoms with Crippen molar-refractivity contribution in [3.8, 4) is 5.75 Å². The Labute approximate surface area is 161 Å². The number of esters is 1. The number of carbonyl (C=O) groups is 1. The van der Waals surface area contributed by atoms with Gasteiger partial charge in [0, 0.05) is 5.57 Å². The van der Waals surface area contributed by atoms with Crippen molar-refractivity contribution in [1.82, 2.24) is 0 Å². The molecule has 140 valence electrons. The molecule has 0 N–H and O–H groups in total. The predicted octanol–water partition coefficient (Wildman–Crippen LogP) is 5.45. The lowest BCUT2D eigenvalue weighted by molar-refractivity contribution is -0.139. The molecular formula is C24H26O3. The van der Waals surface area contributed by atoms with Crippen LogP contribution in [0.5, 0.6) is 5.75 Å². The number of allylic oxidation sites excluding steroid dienone is 1. The number of hydrogen-bond acceptors (Lipinski definition) is 3. The van der Waals surface area contributed by atoms with Gasteiger partial charge in [0.2, 0.25) is 0 Å². The summed E-state index contributed by atoms with van der Waals surface area (Å²) >= 11 is 0. The van der Waals surface area contributed by atoms with Gasteiger partial charge in [-0.2, -0.15) is 0 Å². The molecule has 0 aromatic heterocycles. The Morgan fingerprint density at radius 1 is 1.04 bits per heavy atom. The minimum Gasteiger partial charge on any atom is -0.494 e. The Morgan fingerprint density at radius 3 is 2.59 bits per heavy atom. The molecule has 0 bridgehead atoms. The molecule has 0 heterocycles. The highest BCUT2D eigenvalue weighted by molar-refractivity contribution is 5.88. The zero-order valence-corrected chi connectivity index (χ0v) is 15.9. The molecule has 0 saturated heterocycles. The first-order valence-electron chi connectivity index (χ1n) is 9.48. The average Bonchev–Trinajstić information content (AvgIpc) is 3.11. The van der Waals surface area contributed by atoms with Crippen molar-refractivity contribution in [3.63, 3.8) is 0 Å². The summed E-state index contributed by atoms with van der Waals surface area (Å²) in [6.07, 6.45) is 5.98. The van der Waals surface area contributed by atoms with Gasteiger partial charge in [0.25, 0.3) is 0 Å². The molecule has 0 aliphatic heterocycles. The third kappa shape index (κ3) is 5.33. The first kappa shape index (κ1) is 19.0. The molecule has 1 aliphatic carbocycles. The maximum Gasteiger partial charge on any atom is 0.333 e. The third-order valence-electron chi connectivity index (χ3n) is 4.61. The van der Waals surface area contributed by atoms with Gasteiger partial charge in [0.1, 0.15) is 5.75 Å². The Bertz CT molecular complexity index is 834. The first-order valence-corrected chi connectivity index (χ1v) is 9.48. The van der Waals surface area contributed by atoms with Gasteiger partial charge in [0.15, 0.2) is 0 Å². The van der Waals surface area contributed by atoms with E-state index >= 15 is 0 Å². The molecule has 3 rings (SSSR count). The van der Waals surface area contributed by atoms with Crippen LogP contribution in [-0.4, -0.2) is 19.2 Å². The highest BCUT2D eigenvalue weighted by Crippen LogP contribution is 2.33. The van der Waals surface area contributed by atoms with Crippen molar-refractivity contribution in [2.45, 2.75) is 32.6 Å². The minimum absolute atomic E-state index is 0.313. The molecule has 27 heavy (non-hydrogen) atoms. The van der Waals surface area contributed by atoms with Gasteiger partial charge in [-0.25, -0.2) is 4.79 Å². The van der Waals surface area contributed by atoms with Gasteiger partial charge >= 0.3 is 5.97 Å². The largest absolute Gasteiger partial charge is 0.494 e. The zero-order chi connectivity index (χ0) is 19.1. The van der Waals surface area contributed by atoms with Crippen LogP contribution in [0.2, 0.25) is 0 Å². The maximum atomic E-state index is 11.3. The summed E-state index contributed by atoms with van der Waals surface area (Å²) in [5.74, 6) is 0.598. The average molecular weight is 362 g/mol. The normalized spacial score (nSPS) is 12.3. The van der Waals surface area contributed by atoms with Crippen LogP contribution in [0.3, 0.4) is 0 Å². The number of carbonyl (C=O) groups excluding carboxylic acids is 1. The van der Waals surface area contributed by atoms with Crippen LogP contribution < -0.4 is 4.74 Å². The van der Waals surface area contributed by atoms with Crippen molar-refractivity contribution in [3.05, 3.63) is 77.4 Å². The lowest BCUT2D eigenvalue weighted by Gasteiger charge is -2.08. The standard InChI is InChI=1S/C24H26O3/c1-18(2)24(25)27-14-8-4-7-13-26-23-12-11-20-15-21(16-22(20)17-23)19-9-5-3-6-10-19/h3,5-6,9-12,16-17H,1,4,7-8,13-15H2,2H3. The molecule has 1 aliphatic rings. The predicted molar refractivity (Wildman–Crippen MR) is 110 cm³/mol. The number of benzene rings is 2. The lowest BCUT2D eigenvalue weighted by atomic mass is 10.0. The number of rotatable bonds is 9. The maximum absolute atomic E-state index is 11.3. The summed E-state index contributed by atoms with van der Waals surface area (Å²) in [6, 6.07) is 16.8. The number of ether oxygens (including phenoxy) is 2. The van der Waals surface area contributed by atoms with E-state index in [1.807, 2.05) is 6.07 Å².